The van der Waals surface area contributed by atoms with Crippen molar-refractivity contribution in [2.45, 2.75) is 13.3 Å². The first kappa shape index (κ1) is 16.3. The number of nitrogen functional groups attached to an aromatic ring is 1. The first-order chi connectivity index (χ1) is 12.1. The second-order valence-electron chi connectivity index (χ2n) is 5.29. The highest BCUT2D eigenvalue weighted by atomic mass is 16.5. The van der Waals surface area contributed by atoms with Crippen molar-refractivity contribution in [2.24, 2.45) is 0 Å². The molecule has 8 nitrogen and oxygen atoms in total. The number of nitriles is 1. The smallest absolute Gasteiger partial charge is 0.357 e. The summed E-state index contributed by atoms with van der Waals surface area (Å²) >= 11 is 0. The predicted molar refractivity (Wildman–Crippen MR) is 91.0 cm³/mol. The number of anilines is 1. The number of aromatic amines is 1. The summed E-state index contributed by atoms with van der Waals surface area (Å²) in [5, 5.41) is 16.3. The lowest BCUT2D eigenvalue weighted by atomic mass is 10.2. The van der Waals surface area contributed by atoms with Crippen molar-refractivity contribution in [3.8, 4) is 23.1 Å². The van der Waals surface area contributed by atoms with Crippen LogP contribution in [-0.2, 0) is 11.2 Å². The fourth-order valence-corrected chi connectivity index (χ4v) is 2.50. The number of aromatic nitrogens is 4. The summed E-state index contributed by atoms with van der Waals surface area (Å²) in [4.78, 5) is 16.5. The van der Waals surface area contributed by atoms with E-state index < -0.39 is 5.97 Å². The number of nitrogens with zero attached hydrogens (tertiary/aromatic N) is 4. The van der Waals surface area contributed by atoms with Gasteiger partial charge in [0.2, 0.25) is 0 Å². The number of carbonyl (C=O) groups is 1. The number of aryl methyl sites for hydroxylation is 1. The Morgan fingerprint density at radius 1 is 1.48 bits per heavy atom. The molecule has 0 fully saturated rings. The summed E-state index contributed by atoms with van der Waals surface area (Å²) in [5.74, 6) is 0.724. The second-order valence-corrected chi connectivity index (χ2v) is 5.29. The second kappa shape index (κ2) is 6.49. The minimum absolute atomic E-state index is 0.0888. The number of nitrogens with two attached hydrogens (primary N) is 1. The zero-order valence-corrected chi connectivity index (χ0v) is 13.8. The van der Waals surface area contributed by atoms with Gasteiger partial charge in [0.25, 0.3) is 0 Å². The first-order valence-corrected chi connectivity index (χ1v) is 7.60. The number of hydrogen-bond acceptors (Lipinski definition) is 6. The van der Waals surface area contributed by atoms with E-state index in [1.54, 1.807) is 6.07 Å². The third-order valence-electron chi connectivity index (χ3n) is 3.79. The molecule has 2 heterocycles. The van der Waals surface area contributed by atoms with Gasteiger partial charge in [0.15, 0.2) is 11.5 Å². The Morgan fingerprint density at radius 2 is 2.28 bits per heavy atom. The molecule has 0 saturated carbocycles. The summed E-state index contributed by atoms with van der Waals surface area (Å²) in [5.41, 5.74) is 7.75. The number of H-pyrrole nitrogens is 1. The van der Waals surface area contributed by atoms with Crippen LogP contribution >= 0.6 is 0 Å². The Bertz CT molecular complexity index is 979. The highest BCUT2D eigenvalue weighted by molar-refractivity contribution is 5.96. The van der Waals surface area contributed by atoms with Crippen LogP contribution in [0, 0.1) is 11.3 Å². The molecule has 3 rings (SSSR count). The third-order valence-corrected chi connectivity index (χ3v) is 3.79. The number of esters is 1. The molecule has 0 aliphatic rings. The van der Waals surface area contributed by atoms with Crippen molar-refractivity contribution in [1.82, 2.24) is 19.7 Å². The maximum absolute atomic E-state index is 12.1. The molecule has 0 bridgehead atoms. The number of benzene rings is 1. The minimum atomic E-state index is -0.615. The van der Waals surface area contributed by atoms with Crippen molar-refractivity contribution in [2.75, 3.05) is 12.8 Å². The van der Waals surface area contributed by atoms with Crippen LogP contribution in [-0.4, -0.2) is 32.8 Å². The van der Waals surface area contributed by atoms with E-state index in [0.29, 0.717) is 11.5 Å². The molecule has 0 spiro atoms. The average Bonchev–Trinajstić information content (AvgIpc) is 3.25. The standard InChI is InChI=1S/C17H16N6O2/c1-3-13-20-16(22-21-13)10-5-4-6-12(7-10)23-9-11(8-18)14(19)15(23)17(24)25-2/h4-7,9H,3,19H2,1-2H3,(H,20,21,22). The van der Waals surface area contributed by atoms with Crippen LogP contribution in [0.4, 0.5) is 5.69 Å². The van der Waals surface area contributed by atoms with Gasteiger partial charge in [-0.05, 0) is 12.1 Å². The summed E-state index contributed by atoms with van der Waals surface area (Å²) in [6.07, 6.45) is 2.26. The molecule has 0 aliphatic heterocycles. The van der Waals surface area contributed by atoms with E-state index in [0.717, 1.165) is 17.8 Å². The van der Waals surface area contributed by atoms with Crippen LogP contribution in [0.3, 0.4) is 0 Å². The summed E-state index contributed by atoms with van der Waals surface area (Å²) < 4.78 is 6.33. The number of hydrogen-bond donors (Lipinski definition) is 2. The van der Waals surface area contributed by atoms with E-state index in [9.17, 15) is 10.1 Å². The monoisotopic (exact) mass is 336 g/mol. The van der Waals surface area contributed by atoms with Crippen LogP contribution in [0.15, 0.2) is 30.5 Å². The van der Waals surface area contributed by atoms with Gasteiger partial charge in [-0.3, -0.25) is 5.10 Å². The molecule has 3 N–H and O–H groups in total. The lowest BCUT2D eigenvalue weighted by Crippen LogP contribution is -2.11. The van der Waals surface area contributed by atoms with Gasteiger partial charge in [-0.1, -0.05) is 19.1 Å². The van der Waals surface area contributed by atoms with Gasteiger partial charge in [-0.25, -0.2) is 9.78 Å². The molecule has 0 saturated heterocycles. The fraction of sp³-hybridized carbons (Fsp3) is 0.176. The number of carbonyl (C=O) groups excluding carboxylic acids is 1. The highest BCUT2D eigenvalue weighted by Crippen LogP contribution is 2.26. The van der Waals surface area contributed by atoms with Crippen molar-refractivity contribution < 1.29 is 9.53 Å². The zero-order chi connectivity index (χ0) is 18.0. The molecule has 126 valence electrons. The summed E-state index contributed by atoms with van der Waals surface area (Å²) in [6.45, 7) is 1.98. The molecular formula is C17H16N6O2. The number of methoxy groups -OCH3 is 1. The van der Waals surface area contributed by atoms with Crippen LogP contribution in [0.5, 0.6) is 0 Å². The highest BCUT2D eigenvalue weighted by Gasteiger charge is 2.22. The van der Waals surface area contributed by atoms with E-state index in [4.69, 9.17) is 10.5 Å². The Hall–Kier alpha value is -3.60. The van der Waals surface area contributed by atoms with Crippen LogP contribution in [0.25, 0.3) is 17.1 Å². The Balaban J connectivity index is 2.13. The van der Waals surface area contributed by atoms with Crippen molar-refractivity contribution in [3.05, 3.63) is 47.5 Å². The molecule has 0 amide bonds. The minimum Gasteiger partial charge on any atom is -0.464 e. The molecule has 1 aromatic carbocycles. The maximum atomic E-state index is 12.1. The van der Waals surface area contributed by atoms with Gasteiger partial charge in [0.1, 0.15) is 11.9 Å². The van der Waals surface area contributed by atoms with E-state index >= 15 is 0 Å². The SMILES string of the molecule is CCc1nc(-c2cccc(-n3cc(C#N)c(N)c3C(=O)OC)c2)n[nH]1. The fourth-order valence-electron chi connectivity index (χ4n) is 2.50. The predicted octanol–water partition coefficient (Wildman–Crippen LogP) is 2.07. The molecule has 0 aliphatic carbocycles. The summed E-state index contributed by atoms with van der Waals surface area (Å²) in [7, 11) is 1.27. The van der Waals surface area contributed by atoms with Crippen molar-refractivity contribution in [3.63, 3.8) is 0 Å². The average molecular weight is 336 g/mol. The molecule has 3 aromatic rings. The topological polar surface area (TPSA) is 123 Å². The van der Waals surface area contributed by atoms with Crippen molar-refractivity contribution >= 4 is 11.7 Å². The first-order valence-electron chi connectivity index (χ1n) is 7.60. The van der Waals surface area contributed by atoms with E-state index in [1.165, 1.54) is 17.9 Å². The molecule has 2 aromatic heterocycles. The van der Waals surface area contributed by atoms with Crippen LogP contribution in [0.2, 0.25) is 0 Å². The third kappa shape index (κ3) is 2.83. The van der Waals surface area contributed by atoms with Crippen LogP contribution in [0.1, 0.15) is 28.8 Å². The maximum Gasteiger partial charge on any atom is 0.357 e. The Morgan fingerprint density at radius 3 is 2.92 bits per heavy atom. The Kier molecular flexibility index (Phi) is 4.22. The van der Waals surface area contributed by atoms with Gasteiger partial charge < -0.3 is 15.0 Å². The molecule has 0 radical (unpaired) electrons. The Labute approximate surface area is 143 Å². The number of ether oxygens (including phenoxy) is 1. The zero-order valence-electron chi connectivity index (χ0n) is 13.8. The molecular weight excluding hydrogens is 320 g/mol. The van der Waals surface area contributed by atoms with Gasteiger partial charge in [-0.15, -0.1) is 0 Å². The molecule has 8 heteroatoms. The molecule has 25 heavy (non-hydrogen) atoms. The molecule has 0 atom stereocenters. The summed E-state index contributed by atoms with van der Waals surface area (Å²) in [6, 6.07) is 9.27. The van der Waals surface area contributed by atoms with E-state index in [1.807, 2.05) is 31.2 Å². The molecule has 0 unspecified atom stereocenters. The van der Waals surface area contributed by atoms with Gasteiger partial charge in [-0.2, -0.15) is 10.4 Å². The van der Waals surface area contributed by atoms with E-state index in [-0.39, 0.29) is 16.9 Å². The van der Waals surface area contributed by atoms with Gasteiger partial charge >= 0.3 is 5.97 Å². The quantitative estimate of drug-likeness (QED) is 0.703. The largest absolute Gasteiger partial charge is 0.464 e. The van der Waals surface area contributed by atoms with Crippen LogP contribution < -0.4 is 5.73 Å². The lowest BCUT2D eigenvalue weighted by Gasteiger charge is -2.09. The van der Waals surface area contributed by atoms with Gasteiger partial charge in [0.05, 0.1) is 18.4 Å². The normalized spacial score (nSPS) is 10.4. The van der Waals surface area contributed by atoms with Crippen molar-refractivity contribution in [1.29, 1.82) is 5.26 Å². The van der Waals surface area contributed by atoms with E-state index in [2.05, 4.69) is 15.2 Å². The number of rotatable bonds is 4. The number of nitrogens with one attached hydrogen (secondary N) is 1. The lowest BCUT2D eigenvalue weighted by molar-refractivity contribution is 0.0593. The van der Waals surface area contributed by atoms with Gasteiger partial charge in [0, 0.05) is 23.9 Å².